The largest absolute Gasteiger partial charge is 0.481 e. The monoisotopic (exact) mass is 452 g/mol. The lowest BCUT2D eigenvalue weighted by molar-refractivity contribution is -0.139. The van der Waals surface area contributed by atoms with Crippen LogP contribution in [0.3, 0.4) is 0 Å². The van der Waals surface area contributed by atoms with Crippen LogP contribution in [0.15, 0.2) is 24.3 Å². The zero-order valence-corrected chi connectivity index (χ0v) is 17.8. The summed E-state index contributed by atoms with van der Waals surface area (Å²) in [7, 11) is 0. The number of rotatable bonds is 14. The number of hydrogen-bond donors (Lipinski definition) is 5. The minimum Gasteiger partial charge on any atom is -0.481 e. The summed E-state index contributed by atoms with van der Waals surface area (Å²) in [5, 5.41) is 16.2. The van der Waals surface area contributed by atoms with Gasteiger partial charge in [0, 0.05) is 5.56 Å². The zero-order valence-electron chi connectivity index (χ0n) is 17.8. The third kappa shape index (κ3) is 9.21. The standard InChI is InChI=1S/C21H29FN4O6/c1-2-4-16(25-19(30)13-6-8-14(22)9-7-13)21(32)26-17(5-3-10-23)20(31)24-15(12-27)11-18(28)29/h6-9,12,15-17H,2-5,10-11,23H2,1H3,(H,24,31)(H,25,30)(H,26,32)(H,28,29). The number of amides is 3. The van der Waals surface area contributed by atoms with Gasteiger partial charge in [-0.25, -0.2) is 4.39 Å². The summed E-state index contributed by atoms with van der Waals surface area (Å²) in [5.41, 5.74) is 5.65. The molecule has 3 amide bonds. The highest BCUT2D eigenvalue weighted by Gasteiger charge is 2.28. The Hall–Kier alpha value is -3.34. The lowest BCUT2D eigenvalue weighted by atomic mass is 10.1. The van der Waals surface area contributed by atoms with E-state index in [9.17, 15) is 28.4 Å². The number of benzene rings is 1. The number of carboxylic acid groups (broad SMARTS) is 1. The SMILES string of the molecule is CCCC(NC(=O)c1ccc(F)cc1)C(=O)NC(CCCN)C(=O)NC(C=O)CC(=O)O. The quantitative estimate of drug-likeness (QED) is 0.250. The molecular formula is C21H29FN4O6. The van der Waals surface area contributed by atoms with Crippen LogP contribution >= 0.6 is 0 Å². The van der Waals surface area contributed by atoms with E-state index in [4.69, 9.17) is 10.8 Å². The van der Waals surface area contributed by atoms with E-state index in [2.05, 4.69) is 16.0 Å². The molecule has 0 saturated heterocycles. The molecule has 1 aromatic rings. The van der Waals surface area contributed by atoms with Gasteiger partial charge in [-0.3, -0.25) is 19.2 Å². The zero-order chi connectivity index (χ0) is 24.1. The van der Waals surface area contributed by atoms with Crippen molar-refractivity contribution < 1.29 is 33.5 Å². The first-order valence-corrected chi connectivity index (χ1v) is 10.3. The molecule has 0 radical (unpaired) electrons. The van der Waals surface area contributed by atoms with Crippen molar-refractivity contribution in [1.29, 1.82) is 0 Å². The molecule has 0 bridgehead atoms. The number of nitrogens with two attached hydrogens (primary N) is 1. The van der Waals surface area contributed by atoms with Crippen LogP contribution in [0, 0.1) is 5.82 Å². The average Bonchev–Trinajstić information content (AvgIpc) is 2.75. The Bertz CT molecular complexity index is 802. The van der Waals surface area contributed by atoms with Crippen LogP contribution in [0.1, 0.15) is 49.4 Å². The van der Waals surface area contributed by atoms with Crippen molar-refractivity contribution >= 4 is 30.0 Å². The minimum absolute atomic E-state index is 0.150. The molecule has 32 heavy (non-hydrogen) atoms. The molecule has 1 aromatic carbocycles. The van der Waals surface area contributed by atoms with Gasteiger partial charge in [0.25, 0.3) is 5.91 Å². The number of halogens is 1. The van der Waals surface area contributed by atoms with Gasteiger partial charge >= 0.3 is 5.97 Å². The highest BCUT2D eigenvalue weighted by molar-refractivity contribution is 5.98. The van der Waals surface area contributed by atoms with Gasteiger partial charge in [0.2, 0.25) is 11.8 Å². The van der Waals surface area contributed by atoms with Gasteiger partial charge in [-0.15, -0.1) is 0 Å². The van der Waals surface area contributed by atoms with Crippen molar-refractivity contribution in [3.05, 3.63) is 35.6 Å². The Balaban J connectivity index is 2.89. The van der Waals surface area contributed by atoms with E-state index in [1.54, 1.807) is 0 Å². The number of carboxylic acids is 1. The van der Waals surface area contributed by atoms with E-state index in [1.165, 1.54) is 12.1 Å². The Morgan fingerprint density at radius 1 is 1.03 bits per heavy atom. The van der Waals surface area contributed by atoms with E-state index >= 15 is 0 Å². The molecule has 0 heterocycles. The van der Waals surface area contributed by atoms with E-state index in [1.807, 2.05) is 6.92 Å². The lowest BCUT2D eigenvalue weighted by Gasteiger charge is -2.24. The van der Waals surface area contributed by atoms with Crippen molar-refractivity contribution in [1.82, 2.24) is 16.0 Å². The Labute approximate surface area is 185 Å². The van der Waals surface area contributed by atoms with Crippen LogP contribution in [-0.4, -0.2) is 59.8 Å². The highest BCUT2D eigenvalue weighted by Crippen LogP contribution is 2.06. The molecule has 10 nitrogen and oxygen atoms in total. The fourth-order valence-electron chi connectivity index (χ4n) is 2.87. The number of carbonyl (C=O) groups is 5. The summed E-state index contributed by atoms with van der Waals surface area (Å²) in [4.78, 5) is 59.6. The molecule has 1 rings (SSSR count). The van der Waals surface area contributed by atoms with Crippen molar-refractivity contribution in [2.75, 3.05) is 6.54 Å². The molecule has 0 spiro atoms. The van der Waals surface area contributed by atoms with Crippen molar-refractivity contribution in [3.8, 4) is 0 Å². The minimum atomic E-state index is -1.27. The molecular weight excluding hydrogens is 423 g/mol. The van der Waals surface area contributed by atoms with Crippen molar-refractivity contribution in [2.45, 2.75) is 57.2 Å². The van der Waals surface area contributed by atoms with Gasteiger partial charge in [0.1, 0.15) is 24.2 Å². The maximum absolute atomic E-state index is 13.1. The normalized spacial score (nSPS) is 13.3. The summed E-state index contributed by atoms with van der Waals surface area (Å²) in [5.74, 6) is -3.71. The topological polar surface area (TPSA) is 168 Å². The van der Waals surface area contributed by atoms with Crippen LogP contribution in [0.25, 0.3) is 0 Å². The second-order valence-electron chi connectivity index (χ2n) is 7.16. The predicted molar refractivity (Wildman–Crippen MR) is 113 cm³/mol. The maximum Gasteiger partial charge on any atom is 0.305 e. The Kier molecular flexibility index (Phi) is 11.6. The number of aldehydes is 1. The first-order valence-electron chi connectivity index (χ1n) is 10.3. The van der Waals surface area contributed by atoms with Gasteiger partial charge in [-0.2, -0.15) is 0 Å². The summed E-state index contributed by atoms with van der Waals surface area (Å²) in [6.45, 7) is 2.05. The summed E-state index contributed by atoms with van der Waals surface area (Å²) in [6.07, 6.45) is 1.06. The predicted octanol–water partition coefficient (Wildman–Crippen LogP) is 0.106. The molecule has 0 aliphatic carbocycles. The summed E-state index contributed by atoms with van der Waals surface area (Å²) >= 11 is 0. The smallest absolute Gasteiger partial charge is 0.305 e. The molecule has 3 unspecified atom stereocenters. The average molecular weight is 452 g/mol. The van der Waals surface area contributed by atoms with Crippen LogP contribution in [0.2, 0.25) is 0 Å². The summed E-state index contributed by atoms with van der Waals surface area (Å²) < 4.78 is 13.1. The number of aliphatic carboxylic acids is 1. The van der Waals surface area contributed by atoms with Gasteiger partial charge in [0.05, 0.1) is 12.5 Å². The molecule has 0 fully saturated rings. The van der Waals surface area contributed by atoms with Crippen LogP contribution in [0.5, 0.6) is 0 Å². The molecule has 0 aliphatic heterocycles. The number of hydrogen-bond acceptors (Lipinski definition) is 6. The van der Waals surface area contributed by atoms with E-state index in [-0.39, 0.29) is 24.9 Å². The van der Waals surface area contributed by atoms with Crippen LogP contribution in [-0.2, 0) is 19.2 Å². The van der Waals surface area contributed by atoms with E-state index in [0.717, 1.165) is 12.1 Å². The molecule has 176 valence electrons. The van der Waals surface area contributed by atoms with E-state index < -0.39 is 54.1 Å². The second-order valence-corrected chi connectivity index (χ2v) is 7.16. The highest BCUT2D eigenvalue weighted by atomic mass is 19.1. The van der Waals surface area contributed by atoms with Crippen molar-refractivity contribution in [3.63, 3.8) is 0 Å². The molecule has 0 aromatic heterocycles. The molecule has 6 N–H and O–H groups in total. The summed E-state index contributed by atoms with van der Waals surface area (Å²) in [6, 6.07) is 1.52. The van der Waals surface area contributed by atoms with Gasteiger partial charge < -0.3 is 31.6 Å². The van der Waals surface area contributed by atoms with E-state index in [0.29, 0.717) is 19.1 Å². The maximum atomic E-state index is 13.1. The molecule has 11 heteroatoms. The molecule has 0 saturated carbocycles. The number of nitrogens with one attached hydrogen (secondary N) is 3. The first-order chi connectivity index (χ1) is 15.2. The van der Waals surface area contributed by atoms with Gasteiger partial charge in [-0.1, -0.05) is 13.3 Å². The molecule has 3 atom stereocenters. The molecule has 0 aliphatic rings. The lowest BCUT2D eigenvalue weighted by Crippen LogP contribution is -2.55. The fourth-order valence-corrected chi connectivity index (χ4v) is 2.87. The van der Waals surface area contributed by atoms with Gasteiger partial charge in [0.15, 0.2) is 0 Å². The van der Waals surface area contributed by atoms with Gasteiger partial charge in [-0.05, 0) is 50.1 Å². The second kappa shape index (κ2) is 13.9. The fraction of sp³-hybridized carbons (Fsp3) is 0.476. The third-order valence-electron chi connectivity index (χ3n) is 4.52. The third-order valence-corrected chi connectivity index (χ3v) is 4.52. The Morgan fingerprint density at radius 2 is 1.62 bits per heavy atom. The Morgan fingerprint density at radius 3 is 2.16 bits per heavy atom. The van der Waals surface area contributed by atoms with Crippen molar-refractivity contribution in [2.24, 2.45) is 5.73 Å². The first kappa shape index (κ1) is 26.7. The number of carbonyl (C=O) groups excluding carboxylic acids is 4. The van der Waals surface area contributed by atoms with Crippen LogP contribution in [0.4, 0.5) is 4.39 Å². The van der Waals surface area contributed by atoms with Crippen LogP contribution < -0.4 is 21.7 Å².